The summed E-state index contributed by atoms with van der Waals surface area (Å²) in [5, 5.41) is 9.20. The predicted octanol–water partition coefficient (Wildman–Crippen LogP) is 4.61. The fourth-order valence-corrected chi connectivity index (χ4v) is 3.37. The minimum Gasteiger partial charge on any atom is -0.477 e. The number of nitrogens with two attached hydrogens (primary N) is 1. The Labute approximate surface area is 124 Å². The van der Waals surface area contributed by atoms with Crippen LogP contribution in [-0.2, 0) is 0 Å². The second-order valence-corrected chi connectivity index (χ2v) is 6.10. The van der Waals surface area contributed by atoms with Gasteiger partial charge in [-0.1, -0.05) is 31.5 Å². The summed E-state index contributed by atoms with van der Waals surface area (Å²) >= 11 is 6.72. The SMILES string of the molecule is CC(C)c1c(-c2ccc(Cl)c(F)c2)sc(C(=O)O)c1N. The number of hydrogen-bond acceptors (Lipinski definition) is 3. The van der Waals surface area contributed by atoms with Crippen molar-refractivity contribution >= 4 is 34.6 Å². The second kappa shape index (κ2) is 5.42. The summed E-state index contributed by atoms with van der Waals surface area (Å²) in [6.45, 7) is 3.83. The third kappa shape index (κ3) is 2.51. The monoisotopic (exact) mass is 313 g/mol. The number of carbonyl (C=O) groups is 1. The number of carboxylic acids is 1. The van der Waals surface area contributed by atoms with E-state index >= 15 is 0 Å². The van der Waals surface area contributed by atoms with E-state index in [1.54, 1.807) is 6.07 Å². The minimum absolute atomic E-state index is 0.0304. The van der Waals surface area contributed by atoms with E-state index in [1.807, 2.05) is 13.8 Å². The van der Waals surface area contributed by atoms with Crippen LogP contribution < -0.4 is 5.73 Å². The predicted molar refractivity (Wildman–Crippen MR) is 80.2 cm³/mol. The quantitative estimate of drug-likeness (QED) is 0.869. The van der Waals surface area contributed by atoms with E-state index in [0.29, 0.717) is 10.4 Å². The van der Waals surface area contributed by atoms with Gasteiger partial charge in [0.1, 0.15) is 10.7 Å². The third-order valence-electron chi connectivity index (χ3n) is 2.94. The Morgan fingerprint density at radius 2 is 2.10 bits per heavy atom. The van der Waals surface area contributed by atoms with Crippen LogP contribution in [0, 0.1) is 5.82 Å². The molecule has 1 aromatic carbocycles. The largest absolute Gasteiger partial charge is 0.477 e. The smallest absolute Gasteiger partial charge is 0.348 e. The molecule has 6 heteroatoms. The Hall–Kier alpha value is -1.59. The minimum atomic E-state index is -1.07. The molecule has 2 rings (SSSR count). The maximum atomic E-state index is 13.6. The van der Waals surface area contributed by atoms with Crippen molar-refractivity contribution in [2.45, 2.75) is 19.8 Å². The number of anilines is 1. The zero-order chi connectivity index (χ0) is 15.0. The van der Waals surface area contributed by atoms with E-state index in [4.69, 9.17) is 22.4 Å². The van der Waals surface area contributed by atoms with Crippen LogP contribution in [0.2, 0.25) is 5.02 Å². The lowest BCUT2D eigenvalue weighted by atomic mass is 9.98. The molecule has 3 nitrogen and oxygen atoms in total. The summed E-state index contributed by atoms with van der Waals surface area (Å²) < 4.78 is 13.6. The Morgan fingerprint density at radius 3 is 2.60 bits per heavy atom. The van der Waals surface area contributed by atoms with Crippen LogP contribution in [0.5, 0.6) is 0 Å². The number of nitrogen functional groups attached to an aromatic ring is 1. The first-order chi connectivity index (χ1) is 9.32. The molecule has 0 saturated heterocycles. The Balaban J connectivity index is 2.69. The highest BCUT2D eigenvalue weighted by atomic mass is 35.5. The van der Waals surface area contributed by atoms with Crippen molar-refractivity contribution in [2.24, 2.45) is 0 Å². The molecule has 20 heavy (non-hydrogen) atoms. The molecular formula is C14H13ClFNO2S. The molecule has 0 spiro atoms. The van der Waals surface area contributed by atoms with Gasteiger partial charge in [-0.3, -0.25) is 0 Å². The van der Waals surface area contributed by atoms with Gasteiger partial charge in [-0.2, -0.15) is 0 Å². The standard InChI is InChI=1S/C14H13ClFNO2S/c1-6(2)10-11(17)13(14(18)19)20-12(10)7-3-4-8(15)9(16)5-7/h3-6H,17H2,1-2H3,(H,18,19). The van der Waals surface area contributed by atoms with E-state index in [2.05, 4.69) is 0 Å². The van der Waals surface area contributed by atoms with Crippen molar-refractivity contribution < 1.29 is 14.3 Å². The molecule has 0 saturated carbocycles. The lowest BCUT2D eigenvalue weighted by Crippen LogP contribution is -2.00. The summed E-state index contributed by atoms with van der Waals surface area (Å²) in [7, 11) is 0. The van der Waals surface area contributed by atoms with E-state index < -0.39 is 11.8 Å². The molecule has 1 heterocycles. The number of carboxylic acid groups (broad SMARTS) is 1. The van der Waals surface area contributed by atoms with Gasteiger partial charge in [-0.15, -0.1) is 11.3 Å². The fourth-order valence-electron chi connectivity index (χ4n) is 2.04. The molecule has 0 atom stereocenters. The van der Waals surface area contributed by atoms with Crippen LogP contribution in [0.15, 0.2) is 18.2 Å². The van der Waals surface area contributed by atoms with E-state index in [1.165, 1.54) is 12.1 Å². The lowest BCUT2D eigenvalue weighted by molar-refractivity contribution is 0.0703. The van der Waals surface area contributed by atoms with Crippen molar-refractivity contribution in [1.82, 2.24) is 0 Å². The molecule has 3 N–H and O–H groups in total. The summed E-state index contributed by atoms with van der Waals surface area (Å²) in [5.74, 6) is -1.58. The summed E-state index contributed by atoms with van der Waals surface area (Å²) in [6, 6.07) is 4.41. The van der Waals surface area contributed by atoms with Gasteiger partial charge in [0.2, 0.25) is 0 Å². The Bertz CT molecular complexity index is 682. The van der Waals surface area contributed by atoms with Gasteiger partial charge in [0, 0.05) is 4.88 Å². The molecule has 0 bridgehead atoms. The van der Waals surface area contributed by atoms with Crippen molar-refractivity contribution in [1.29, 1.82) is 0 Å². The second-order valence-electron chi connectivity index (χ2n) is 4.68. The number of benzene rings is 1. The third-order valence-corrected chi connectivity index (χ3v) is 4.50. The first-order valence-corrected chi connectivity index (χ1v) is 7.13. The van der Waals surface area contributed by atoms with Gasteiger partial charge in [0.25, 0.3) is 0 Å². The first kappa shape index (κ1) is 14.8. The van der Waals surface area contributed by atoms with Gasteiger partial charge in [-0.25, -0.2) is 9.18 Å². The van der Waals surface area contributed by atoms with E-state index in [9.17, 15) is 9.18 Å². The average molecular weight is 314 g/mol. The molecule has 0 radical (unpaired) electrons. The molecule has 0 amide bonds. The summed E-state index contributed by atoms with van der Waals surface area (Å²) in [4.78, 5) is 12.0. The topological polar surface area (TPSA) is 63.3 Å². The van der Waals surface area contributed by atoms with Crippen molar-refractivity contribution in [3.63, 3.8) is 0 Å². The molecular weight excluding hydrogens is 301 g/mol. The maximum Gasteiger partial charge on any atom is 0.348 e. The highest BCUT2D eigenvalue weighted by Gasteiger charge is 2.23. The zero-order valence-electron chi connectivity index (χ0n) is 10.9. The molecule has 2 aromatic rings. The first-order valence-electron chi connectivity index (χ1n) is 5.93. The number of aromatic carboxylic acids is 1. The molecule has 0 aliphatic carbocycles. The molecule has 0 fully saturated rings. The van der Waals surface area contributed by atoms with Crippen molar-refractivity contribution in [3.05, 3.63) is 39.5 Å². The highest BCUT2D eigenvalue weighted by Crippen LogP contribution is 2.43. The number of halogens is 2. The van der Waals surface area contributed by atoms with Crippen LogP contribution in [0.1, 0.15) is 35.0 Å². The Morgan fingerprint density at radius 1 is 1.45 bits per heavy atom. The highest BCUT2D eigenvalue weighted by molar-refractivity contribution is 7.18. The van der Waals surface area contributed by atoms with Crippen LogP contribution in [0.4, 0.5) is 10.1 Å². The van der Waals surface area contributed by atoms with Crippen LogP contribution in [-0.4, -0.2) is 11.1 Å². The van der Waals surface area contributed by atoms with E-state index in [-0.39, 0.29) is 21.5 Å². The number of thiophene rings is 1. The molecule has 0 aliphatic heterocycles. The summed E-state index contributed by atoms with van der Waals surface area (Å²) in [6.07, 6.45) is 0. The van der Waals surface area contributed by atoms with Crippen LogP contribution >= 0.6 is 22.9 Å². The summed E-state index contributed by atoms with van der Waals surface area (Å²) in [5.41, 5.74) is 7.49. The van der Waals surface area contributed by atoms with Gasteiger partial charge >= 0.3 is 5.97 Å². The van der Waals surface area contributed by atoms with Crippen molar-refractivity contribution in [3.8, 4) is 10.4 Å². The lowest BCUT2D eigenvalue weighted by Gasteiger charge is -2.09. The number of rotatable bonds is 3. The average Bonchev–Trinajstić information content (AvgIpc) is 2.70. The molecule has 1 aromatic heterocycles. The molecule has 0 aliphatic rings. The number of hydrogen-bond donors (Lipinski definition) is 2. The van der Waals surface area contributed by atoms with E-state index in [0.717, 1.165) is 16.9 Å². The van der Waals surface area contributed by atoms with Gasteiger partial charge in [-0.05, 0) is 29.2 Å². The van der Waals surface area contributed by atoms with Gasteiger partial charge in [0.15, 0.2) is 0 Å². The molecule has 106 valence electrons. The fraction of sp³-hybridized carbons (Fsp3) is 0.214. The zero-order valence-corrected chi connectivity index (χ0v) is 12.5. The maximum absolute atomic E-state index is 13.6. The van der Waals surface area contributed by atoms with Gasteiger partial charge < -0.3 is 10.8 Å². The van der Waals surface area contributed by atoms with Crippen molar-refractivity contribution in [2.75, 3.05) is 5.73 Å². The molecule has 0 unspecified atom stereocenters. The normalized spacial score (nSPS) is 11.1. The van der Waals surface area contributed by atoms with Crippen LogP contribution in [0.3, 0.4) is 0 Å². The van der Waals surface area contributed by atoms with Crippen LogP contribution in [0.25, 0.3) is 10.4 Å². The Kier molecular flexibility index (Phi) is 4.01. The van der Waals surface area contributed by atoms with Gasteiger partial charge in [0.05, 0.1) is 10.7 Å².